The Morgan fingerprint density at radius 1 is 1.07 bits per heavy atom. The molecule has 27 heavy (non-hydrogen) atoms. The molecular weight excluding hydrogens is 364 g/mol. The van der Waals surface area contributed by atoms with Crippen molar-refractivity contribution in [3.8, 4) is 11.3 Å². The monoisotopic (exact) mass is 382 g/mol. The van der Waals surface area contributed by atoms with E-state index >= 15 is 0 Å². The maximum atomic E-state index is 12.7. The second kappa shape index (κ2) is 7.40. The Balaban J connectivity index is 1.42. The number of amides is 1. The molecule has 2 aromatic heterocycles. The number of piperazine rings is 1. The third kappa shape index (κ3) is 3.80. The molecule has 4 rings (SSSR count). The summed E-state index contributed by atoms with van der Waals surface area (Å²) in [6.07, 6.45) is 0. The highest BCUT2D eigenvalue weighted by Gasteiger charge is 2.25. The van der Waals surface area contributed by atoms with E-state index in [2.05, 4.69) is 15.0 Å². The molecular formula is C20H19ClN4O2. The minimum Gasteiger partial charge on any atom is -0.353 e. The number of hydrogen-bond acceptors (Lipinski definition) is 5. The third-order valence-electron chi connectivity index (χ3n) is 4.66. The molecule has 6 nitrogen and oxygen atoms in total. The largest absolute Gasteiger partial charge is 0.353 e. The summed E-state index contributed by atoms with van der Waals surface area (Å²) in [4.78, 5) is 21.0. The lowest BCUT2D eigenvalue weighted by Gasteiger charge is -2.34. The van der Waals surface area contributed by atoms with Gasteiger partial charge in [0.25, 0.3) is 5.91 Å². The maximum absolute atomic E-state index is 12.7. The van der Waals surface area contributed by atoms with Crippen molar-refractivity contribution in [2.24, 2.45) is 0 Å². The molecule has 0 N–H and O–H groups in total. The van der Waals surface area contributed by atoms with Crippen molar-refractivity contribution in [2.75, 3.05) is 31.1 Å². The first-order chi connectivity index (χ1) is 13.1. The van der Waals surface area contributed by atoms with Gasteiger partial charge in [-0.15, -0.1) is 0 Å². The number of carbonyl (C=O) groups excluding carboxylic acids is 1. The summed E-state index contributed by atoms with van der Waals surface area (Å²) in [6, 6.07) is 15.2. The van der Waals surface area contributed by atoms with Crippen molar-refractivity contribution in [3.05, 3.63) is 65.0 Å². The second-order valence-electron chi connectivity index (χ2n) is 6.54. The third-order valence-corrected chi connectivity index (χ3v) is 4.87. The average Bonchev–Trinajstić information content (AvgIpc) is 3.18. The Morgan fingerprint density at radius 3 is 2.52 bits per heavy atom. The van der Waals surface area contributed by atoms with Crippen LogP contribution in [0.4, 0.5) is 5.82 Å². The number of nitrogens with zero attached hydrogens (tertiary/aromatic N) is 4. The molecule has 0 saturated carbocycles. The molecule has 0 bridgehead atoms. The lowest BCUT2D eigenvalue weighted by atomic mass is 10.1. The smallest absolute Gasteiger partial charge is 0.292 e. The summed E-state index contributed by atoms with van der Waals surface area (Å²) in [7, 11) is 0. The number of hydrogen-bond donors (Lipinski definition) is 0. The van der Waals surface area contributed by atoms with Crippen LogP contribution < -0.4 is 4.90 Å². The number of benzene rings is 1. The highest BCUT2D eigenvalue weighted by Crippen LogP contribution is 2.22. The highest BCUT2D eigenvalue weighted by molar-refractivity contribution is 6.29. The zero-order valence-electron chi connectivity index (χ0n) is 14.9. The summed E-state index contributed by atoms with van der Waals surface area (Å²) in [5.74, 6) is 0.954. The topological polar surface area (TPSA) is 62.5 Å². The van der Waals surface area contributed by atoms with Gasteiger partial charge in [-0.1, -0.05) is 52.7 Å². The fourth-order valence-electron chi connectivity index (χ4n) is 3.10. The molecule has 0 radical (unpaired) electrons. The molecule has 0 aliphatic carbocycles. The molecule has 7 heteroatoms. The van der Waals surface area contributed by atoms with E-state index < -0.39 is 0 Å². The van der Waals surface area contributed by atoms with Gasteiger partial charge in [0.15, 0.2) is 0 Å². The molecule has 3 aromatic rings. The van der Waals surface area contributed by atoms with Crippen LogP contribution in [0.15, 0.2) is 53.1 Å². The van der Waals surface area contributed by atoms with Crippen LogP contribution in [0.2, 0.25) is 5.15 Å². The van der Waals surface area contributed by atoms with Crippen molar-refractivity contribution < 1.29 is 9.32 Å². The first-order valence-corrected chi connectivity index (χ1v) is 9.18. The molecule has 0 atom stereocenters. The predicted molar refractivity (Wildman–Crippen MR) is 104 cm³/mol. The number of pyridine rings is 1. The van der Waals surface area contributed by atoms with E-state index in [-0.39, 0.29) is 11.7 Å². The molecule has 3 heterocycles. The van der Waals surface area contributed by atoms with Crippen LogP contribution in [0.3, 0.4) is 0 Å². The molecule has 0 unspecified atom stereocenters. The van der Waals surface area contributed by atoms with Gasteiger partial charge < -0.3 is 14.3 Å². The number of anilines is 1. The lowest BCUT2D eigenvalue weighted by molar-refractivity contribution is 0.0704. The van der Waals surface area contributed by atoms with Gasteiger partial charge in [-0.25, -0.2) is 4.98 Å². The zero-order valence-corrected chi connectivity index (χ0v) is 15.7. The van der Waals surface area contributed by atoms with Gasteiger partial charge in [0.1, 0.15) is 16.7 Å². The summed E-state index contributed by atoms with van der Waals surface area (Å²) in [5.41, 5.74) is 2.77. The Kier molecular flexibility index (Phi) is 4.81. The maximum Gasteiger partial charge on any atom is 0.292 e. The standard InChI is InChI=1S/C20H19ClN4O2/c1-14-5-7-15(8-6-14)16-13-17(27-23-16)20(26)25-11-9-24(10-12-25)19-4-2-3-18(21)22-19/h2-8,13H,9-12H2,1H3. The van der Waals surface area contributed by atoms with E-state index in [9.17, 15) is 4.79 Å². The number of halogens is 1. The average molecular weight is 383 g/mol. The van der Waals surface area contributed by atoms with Crippen molar-refractivity contribution in [2.45, 2.75) is 6.92 Å². The summed E-state index contributed by atoms with van der Waals surface area (Å²) >= 11 is 5.96. The van der Waals surface area contributed by atoms with Gasteiger partial charge in [0.05, 0.1) is 0 Å². The molecule has 1 aromatic carbocycles. The molecule has 0 spiro atoms. The van der Waals surface area contributed by atoms with Crippen molar-refractivity contribution in [1.82, 2.24) is 15.0 Å². The van der Waals surface area contributed by atoms with Gasteiger partial charge in [-0.05, 0) is 19.1 Å². The minimum absolute atomic E-state index is 0.139. The van der Waals surface area contributed by atoms with E-state index in [0.29, 0.717) is 37.0 Å². The van der Waals surface area contributed by atoms with Crippen LogP contribution in [-0.2, 0) is 0 Å². The Morgan fingerprint density at radius 2 is 1.81 bits per heavy atom. The fraction of sp³-hybridized carbons (Fsp3) is 0.250. The number of aromatic nitrogens is 2. The molecule has 1 amide bonds. The van der Waals surface area contributed by atoms with Crippen molar-refractivity contribution in [1.29, 1.82) is 0 Å². The van der Waals surface area contributed by atoms with Crippen LogP contribution in [0, 0.1) is 6.92 Å². The Hall–Kier alpha value is -2.86. The van der Waals surface area contributed by atoms with Gasteiger partial charge in [0, 0.05) is 37.8 Å². The van der Waals surface area contributed by atoms with E-state index in [1.54, 1.807) is 17.0 Å². The van der Waals surface area contributed by atoms with E-state index in [1.807, 2.05) is 43.3 Å². The summed E-state index contributed by atoms with van der Waals surface area (Å²) in [5, 5.41) is 4.52. The van der Waals surface area contributed by atoms with E-state index in [4.69, 9.17) is 16.1 Å². The number of rotatable bonds is 3. The van der Waals surface area contributed by atoms with Gasteiger partial charge in [-0.3, -0.25) is 4.79 Å². The van der Waals surface area contributed by atoms with Crippen LogP contribution in [0.25, 0.3) is 11.3 Å². The van der Waals surface area contributed by atoms with Crippen LogP contribution in [-0.4, -0.2) is 47.1 Å². The van der Waals surface area contributed by atoms with Gasteiger partial charge in [-0.2, -0.15) is 0 Å². The number of aryl methyl sites for hydroxylation is 1. The van der Waals surface area contributed by atoms with E-state index in [1.165, 1.54) is 5.56 Å². The predicted octanol–water partition coefficient (Wildman–Crippen LogP) is 3.66. The summed E-state index contributed by atoms with van der Waals surface area (Å²) in [6.45, 7) is 4.59. The zero-order chi connectivity index (χ0) is 18.8. The molecule has 1 saturated heterocycles. The normalized spacial score (nSPS) is 14.4. The van der Waals surface area contributed by atoms with Crippen LogP contribution >= 0.6 is 11.6 Å². The van der Waals surface area contributed by atoms with Crippen LogP contribution in [0.5, 0.6) is 0 Å². The molecule has 1 aliphatic rings. The molecule has 1 fully saturated rings. The quantitative estimate of drug-likeness (QED) is 0.647. The van der Waals surface area contributed by atoms with E-state index in [0.717, 1.165) is 11.4 Å². The Bertz CT molecular complexity index is 947. The van der Waals surface area contributed by atoms with Crippen LogP contribution in [0.1, 0.15) is 16.1 Å². The van der Waals surface area contributed by atoms with Gasteiger partial charge >= 0.3 is 0 Å². The van der Waals surface area contributed by atoms with Crippen molar-refractivity contribution in [3.63, 3.8) is 0 Å². The second-order valence-corrected chi connectivity index (χ2v) is 6.93. The summed E-state index contributed by atoms with van der Waals surface area (Å²) < 4.78 is 5.31. The fourth-order valence-corrected chi connectivity index (χ4v) is 3.26. The van der Waals surface area contributed by atoms with Gasteiger partial charge in [0.2, 0.25) is 5.76 Å². The Labute approximate surface area is 162 Å². The first kappa shape index (κ1) is 17.5. The highest BCUT2D eigenvalue weighted by atomic mass is 35.5. The molecule has 138 valence electrons. The molecule has 1 aliphatic heterocycles. The van der Waals surface area contributed by atoms with Crippen molar-refractivity contribution >= 4 is 23.3 Å². The first-order valence-electron chi connectivity index (χ1n) is 8.81. The SMILES string of the molecule is Cc1ccc(-c2cc(C(=O)N3CCN(c4cccc(Cl)n4)CC3)on2)cc1. The number of carbonyl (C=O) groups is 1. The minimum atomic E-state index is -0.139. The lowest BCUT2D eigenvalue weighted by Crippen LogP contribution is -2.49.